The average Bonchev–Trinajstić information content (AvgIpc) is 2.31. The molecule has 1 rings (SSSR count). The molecule has 0 atom stereocenters. The lowest BCUT2D eigenvalue weighted by molar-refractivity contribution is -0.131. The van der Waals surface area contributed by atoms with E-state index in [1.165, 1.54) is 24.3 Å². The standard InChI is InChI=1S/C10N4O2.2CH4/c11-1-5-6(2-12)8(4-14)10(16)9(15)7(5)3-13;;/h;2*1H4. The molecule has 0 saturated carbocycles. The number of carbonyl (C=O) groups excluding carboxylic acids is 2. The zero-order chi connectivity index (χ0) is 12.3. The number of carbonyl (C=O) groups is 2. The zero-order valence-electron chi connectivity index (χ0n) is 7.61. The summed E-state index contributed by atoms with van der Waals surface area (Å²) in [6.45, 7) is 0. The Labute approximate surface area is 104 Å². The van der Waals surface area contributed by atoms with Gasteiger partial charge >= 0.3 is 0 Å². The van der Waals surface area contributed by atoms with E-state index in [0.29, 0.717) is 0 Å². The van der Waals surface area contributed by atoms with E-state index < -0.39 is 33.9 Å². The first-order valence-electron chi connectivity index (χ1n) is 3.80. The van der Waals surface area contributed by atoms with Crippen molar-refractivity contribution in [3.63, 3.8) is 0 Å². The van der Waals surface area contributed by atoms with Crippen molar-refractivity contribution in [2.24, 2.45) is 0 Å². The van der Waals surface area contributed by atoms with Gasteiger partial charge < -0.3 is 0 Å². The second-order valence-electron chi connectivity index (χ2n) is 2.61. The van der Waals surface area contributed by atoms with Crippen LogP contribution in [-0.2, 0) is 9.59 Å². The molecule has 0 spiro atoms. The van der Waals surface area contributed by atoms with E-state index in [0.717, 1.165) is 0 Å². The van der Waals surface area contributed by atoms with Crippen molar-refractivity contribution in [1.82, 2.24) is 0 Å². The van der Waals surface area contributed by atoms with E-state index >= 15 is 0 Å². The summed E-state index contributed by atoms with van der Waals surface area (Å²) in [6, 6.07) is 5.72. The van der Waals surface area contributed by atoms with Crippen molar-refractivity contribution in [3.05, 3.63) is 22.3 Å². The third-order valence-electron chi connectivity index (χ3n) is 1.86. The van der Waals surface area contributed by atoms with E-state index in [1.54, 1.807) is 0 Å². The highest BCUT2D eigenvalue weighted by Gasteiger charge is 2.35. The summed E-state index contributed by atoms with van der Waals surface area (Å²) in [6.07, 6.45) is 0. The normalized spacial score (nSPS) is 13.3. The molecular weight excluding hydrogens is 232 g/mol. The number of rotatable bonds is 0. The molecule has 0 aromatic heterocycles. The van der Waals surface area contributed by atoms with Crippen LogP contribution in [0, 0.1) is 45.3 Å². The van der Waals surface area contributed by atoms with Crippen LogP contribution < -0.4 is 0 Å². The third-order valence-corrected chi connectivity index (χ3v) is 1.86. The van der Waals surface area contributed by atoms with Crippen LogP contribution >= 0.6 is 0 Å². The van der Waals surface area contributed by atoms with Crippen molar-refractivity contribution in [1.29, 1.82) is 21.0 Å². The predicted octanol–water partition coefficient (Wildman–Crippen LogP) is 1.10. The second kappa shape index (κ2) is 6.38. The fraction of sp³-hybridized carbons (Fsp3) is 0.167. The largest absolute Gasteiger partial charge is 0.284 e. The number of hydrogen-bond donors (Lipinski definition) is 0. The molecule has 0 unspecified atom stereocenters. The molecule has 88 valence electrons. The summed E-state index contributed by atoms with van der Waals surface area (Å²) in [4.78, 5) is 22.6. The van der Waals surface area contributed by atoms with E-state index in [2.05, 4.69) is 0 Å². The van der Waals surface area contributed by atoms with Crippen LogP contribution in [0.2, 0.25) is 0 Å². The summed E-state index contributed by atoms with van der Waals surface area (Å²) in [7, 11) is 0. The molecule has 1 aliphatic carbocycles. The first kappa shape index (κ1) is 17.2. The van der Waals surface area contributed by atoms with Crippen molar-refractivity contribution in [2.45, 2.75) is 14.9 Å². The number of nitrogens with zero attached hydrogens (tertiary/aromatic N) is 4. The first-order valence-corrected chi connectivity index (χ1v) is 3.80. The Kier molecular flexibility index (Phi) is 6.09. The molecule has 18 heavy (non-hydrogen) atoms. The van der Waals surface area contributed by atoms with Gasteiger partial charge in [0.15, 0.2) is 0 Å². The Hall–Kier alpha value is -3.22. The Balaban J connectivity index is 0. The van der Waals surface area contributed by atoms with Crippen LogP contribution in [0.15, 0.2) is 22.3 Å². The summed E-state index contributed by atoms with van der Waals surface area (Å²) < 4.78 is 0. The minimum absolute atomic E-state index is 0. The molecule has 6 nitrogen and oxygen atoms in total. The summed E-state index contributed by atoms with van der Waals surface area (Å²) in [5.41, 5.74) is -2.43. The predicted molar refractivity (Wildman–Crippen MR) is 60.0 cm³/mol. The van der Waals surface area contributed by atoms with Gasteiger partial charge in [0, 0.05) is 0 Å². The minimum atomic E-state index is -1.23. The van der Waals surface area contributed by atoms with Gasteiger partial charge in [0.05, 0.1) is 11.1 Å². The van der Waals surface area contributed by atoms with Gasteiger partial charge in [-0.25, -0.2) is 0 Å². The molecule has 0 aliphatic heterocycles. The molecule has 0 N–H and O–H groups in total. The van der Waals surface area contributed by atoms with Gasteiger partial charge in [-0.2, -0.15) is 21.0 Å². The smallest absolute Gasteiger partial charge is 0.246 e. The molecule has 0 bridgehead atoms. The summed E-state index contributed by atoms with van der Waals surface area (Å²) in [5, 5.41) is 34.6. The minimum Gasteiger partial charge on any atom is -0.284 e. The van der Waals surface area contributed by atoms with Crippen LogP contribution in [0.4, 0.5) is 0 Å². The third kappa shape index (κ3) is 2.14. The SMILES string of the molecule is C.C.N#CC1=C(C#N)C(C#N)=C(C#N)C(=O)C1=O. The fourth-order valence-corrected chi connectivity index (χ4v) is 1.14. The Morgan fingerprint density at radius 1 is 0.556 bits per heavy atom. The maximum Gasteiger partial charge on any atom is 0.246 e. The molecular formula is C12H8N4O2. The molecule has 0 saturated heterocycles. The van der Waals surface area contributed by atoms with Gasteiger partial charge in [0.1, 0.15) is 35.4 Å². The molecule has 0 radical (unpaired) electrons. The van der Waals surface area contributed by atoms with Gasteiger partial charge in [0.25, 0.3) is 0 Å². The highest BCUT2D eigenvalue weighted by Crippen LogP contribution is 2.24. The molecule has 0 fully saturated rings. The molecule has 0 amide bonds. The zero-order valence-corrected chi connectivity index (χ0v) is 7.61. The van der Waals surface area contributed by atoms with Crippen LogP contribution in [0.3, 0.4) is 0 Å². The van der Waals surface area contributed by atoms with Crippen LogP contribution in [0.5, 0.6) is 0 Å². The maximum absolute atomic E-state index is 11.3. The van der Waals surface area contributed by atoms with E-state index in [4.69, 9.17) is 21.0 Å². The molecule has 0 aromatic carbocycles. The molecule has 0 heterocycles. The van der Waals surface area contributed by atoms with E-state index in [-0.39, 0.29) is 14.9 Å². The van der Waals surface area contributed by atoms with Crippen LogP contribution in [0.1, 0.15) is 14.9 Å². The number of nitriles is 4. The number of allylic oxidation sites excluding steroid dienone is 4. The highest BCUT2D eigenvalue weighted by atomic mass is 16.2. The lowest BCUT2D eigenvalue weighted by atomic mass is 9.86. The lowest BCUT2D eigenvalue weighted by Gasteiger charge is -2.08. The monoisotopic (exact) mass is 240 g/mol. The van der Waals surface area contributed by atoms with Gasteiger partial charge in [-0.1, -0.05) is 14.9 Å². The van der Waals surface area contributed by atoms with Crippen molar-refractivity contribution < 1.29 is 9.59 Å². The quantitative estimate of drug-likeness (QED) is 0.460. The fourth-order valence-electron chi connectivity index (χ4n) is 1.14. The molecule has 0 aromatic rings. The number of hydrogen-bond acceptors (Lipinski definition) is 6. The van der Waals surface area contributed by atoms with E-state index in [9.17, 15) is 9.59 Å². The van der Waals surface area contributed by atoms with E-state index in [1.807, 2.05) is 0 Å². The first-order chi connectivity index (χ1) is 7.62. The average molecular weight is 240 g/mol. The maximum atomic E-state index is 11.3. The topological polar surface area (TPSA) is 129 Å². The van der Waals surface area contributed by atoms with Crippen molar-refractivity contribution in [2.75, 3.05) is 0 Å². The molecule has 6 heteroatoms. The summed E-state index contributed by atoms with van der Waals surface area (Å²) >= 11 is 0. The Bertz CT molecular complexity index is 582. The van der Waals surface area contributed by atoms with Gasteiger partial charge in [-0.3, -0.25) is 9.59 Å². The number of ketones is 2. The Morgan fingerprint density at radius 2 is 0.778 bits per heavy atom. The molecule has 1 aliphatic rings. The van der Waals surface area contributed by atoms with Crippen molar-refractivity contribution in [3.8, 4) is 24.3 Å². The van der Waals surface area contributed by atoms with Gasteiger partial charge in [-0.15, -0.1) is 0 Å². The summed E-state index contributed by atoms with van der Waals surface area (Å²) in [5.74, 6) is -2.45. The van der Waals surface area contributed by atoms with Gasteiger partial charge in [-0.05, 0) is 0 Å². The Morgan fingerprint density at radius 3 is 0.944 bits per heavy atom. The van der Waals surface area contributed by atoms with Crippen LogP contribution in [-0.4, -0.2) is 11.6 Å². The van der Waals surface area contributed by atoms with Crippen LogP contribution in [0.25, 0.3) is 0 Å². The second-order valence-corrected chi connectivity index (χ2v) is 2.61. The lowest BCUT2D eigenvalue weighted by Crippen LogP contribution is -2.24. The highest BCUT2D eigenvalue weighted by molar-refractivity contribution is 6.52. The van der Waals surface area contributed by atoms with Gasteiger partial charge in [0.2, 0.25) is 11.6 Å². The van der Waals surface area contributed by atoms with Crippen molar-refractivity contribution >= 4 is 11.6 Å². The number of Topliss-reactive ketones (excluding diaryl/α,β-unsaturated/α-hetero) is 2.